The van der Waals surface area contributed by atoms with Crippen LogP contribution >= 0.6 is 0 Å². The number of ether oxygens (including phenoxy) is 3. The third-order valence-corrected chi connectivity index (χ3v) is 2.11. The van der Waals surface area contributed by atoms with Crippen molar-refractivity contribution < 1.29 is 37.3 Å². The summed E-state index contributed by atoms with van der Waals surface area (Å²) in [4.78, 5) is 15.0. The molecule has 0 fully saturated rings. The van der Waals surface area contributed by atoms with Crippen molar-refractivity contribution in [1.29, 1.82) is 0 Å². The Labute approximate surface area is 112 Å². The van der Waals surface area contributed by atoms with Gasteiger partial charge in [-0.25, -0.2) is 4.98 Å². The molecule has 0 aliphatic rings. The van der Waals surface area contributed by atoms with Crippen LogP contribution < -0.4 is 9.47 Å². The van der Waals surface area contributed by atoms with E-state index < -0.39 is 30.3 Å². The van der Waals surface area contributed by atoms with Gasteiger partial charge in [0.25, 0.3) is 0 Å². The van der Waals surface area contributed by atoms with Gasteiger partial charge in [-0.05, 0) is 6.92 Å². The van der Waals surface area contributed by atoms with Gasteiger partial charge >= 0.3 is 12.3 Å². The molecule has 1 N–H and O–H groups in total. The summed E-state index contributed by atoms with van der Waals surface area (Å²) in [5.41, 5.74) is -0.344. The lowest BCUT2D eigenvalue weighted by Crippen LogP contribution is -2.20. The van der Waals surface area contributed by atoms with Crippen molar-refractivity contribution >= 4 is 5.97 Å². The molecule has 9 heteroatoms. The molecular formula is C11H12F3NO5. The molecule has 6 nitrogen and oxygen atoms in total. The smallest absolute Gasteiger partial charge is 0.503 e. The van der Waals surface area contributed by atoms with Crippen molar-refractivity contribution in [2.75, 3.05) is 13.7 Å². The van der Waals surface area contributed by atoms with E-state index in [0.717, 1.165) is 13.3 Å². The molecule has 1 rings (SSSR count). The monoisotopic (exact) mass is 295 g/mol. The van der Waals surface area contributed by atoms with Crippen LogP contribution in [0.1, 0.15) is 12.5 Å². The third-order valence-electron chi connectivity index (χ3n) is 2.11. The molecule has 0 aliphatic heterocycles. The average molecular weight is 295 g/mol. The minimum atomic E-state index is -5.03. The van der Waals surface area contributed by atoms with Crippen LogP contribution in [0.2, 0.25) is 0 Å². The van der Waals surface area contributed by atoms with Gasteiger partial charge in [0.05, 0.1) is 31.9 Å². The van der Waals surface area contributed by atoms with E-state index in [4.69, 9.17) is 4.74 Å². The van der Waals surface area contributed by atoms with Crippen LogP contribution in [-0.2, 0) is 16.0 Å². The number of rotatable bonds is 5. The van der Waals surface area contributed by atoms with Crippen molar-refractivity contribution in [2.24, 2.45) is 0 Å². The first kappa shape index (κ1) is 15.9. The van der Waals surface area contributed by atoms with Gasteiger partial charge in [0, 0.05) is 0 Å². The van der Waals surface area contributed by atoms with Crippen molar-refractivity contribution in [3.8, 4) is 17.4 Å². The molecule has 0 aliphatic carbocycles. The second kappa shape index (κ2) is 6.31. The minimum Gasteiger partial charge on any atom is -0.503 e. The summed E-state index contributed by atoms with van der Waals surface area (Å²) < 4.78 is 50.0. The van der Waals surface area contributed by atoms with Crippen LogP contribution in [0, 0.1) is 0 Å². The van der Waals surface area contributed by atoms with Crippen LogP contribution in [0.15, 0.2) is 6.20 Å². The van der Waals surface area contributed by atoms with Crippen LogP contribution in [0.4, 0.5) is 13.2 Å². The number of esters is 1. The van der Waals surface area contributed by atoms with Crippen molar-refractivity contribution in [2.45, 2.75) is 19.7 Å². The first-order valence-electron chi connectivity index (χ1n) is 5.44. The zero-order valence-corrected chi connectivity index (χ0v) is 10.7. The second-order valence-corrected chi connectivity index (χ2v) is 3.49. The van der Waals surface area contributed by atoms with Crippen molar-refractivity contribution in [1.82, 2.24) is 4.98 Å². The Balaban J connectivity index is 3.21. The van der Waals surface area contributed by atoms with Gasteiger partial charge in [-0.3, -0.25) is 4.79 Å². The number of hydrogen-bond donors (Lipinski definition) is 1. The number of aromatic hydroxyl groups is 1. The molecule has 112 valence electrons. The normalized spacial score (nSPS) is 11.1. The van der Waals surface area contributed by atoms with Gasteiger partial charge in [0.15, 0.2) is 11.5 Å². The average Bonchev–Trinajstić information content (AvgIpc) is 2.33. The summed E-state index contributed by atoms with van der Waals surface area (Å²) in [6.45, 7) is 1.60. The summed E-state index contributed by atoms with van der Waals surface area (Å²) >= 11 is 0. The summed E-state index contributed by atoms with van der Waals surface area (Å²) in [5, 5.41) is 9.42. The number of carbonyl (C=O) groups is 1. The van der Waals surface area contributed by atoms with E-state index in [9.17, 15) is 23.1 Å². The van der Waals surface area contributed by atoms with Crippen LogP contribution in [0.25, 0.3) is 0 Å². The molecular weight excluding hydrogens is 283 g/mol. The maximum Gasteiger partial charge on any atom is 0.573 e. The Hall–Kier alpha value is -2.19. The Bertz CT molecular complexity index is 490. The molecule has 20 heavy (non-hydrogen) atoms. The highest BCUT2D eigenvalue weighted by molar-refractivity contribution is 5.75. The molecule has 0 unspecified atom stereocenters. The highest BCUT2D eigenvalue weighted by atomic mass is 19.4. The van der Waals surface area contributed by atoms with E-state index in [1.807, 2.05) is 0 Å². The number of carbonyl (C=O) groups excluding carboxylic acids is 1. The molecule has 0 aromatic carbocycles. The highest BCUT2D eigenvalue weighted by Gasteiger charge is 2.35. The Kier molecular flexibility index (Phi) is 5.00. The van der Waals surface area contributed by atoms with Gasteiger partial charge in [-0.15, -0.1) is 13.2 Å². The predicted molar refractivity (Wildman–Crippen MR) is 59.5 cm³/mol. The predicted octanol–water partition coefficient (Wildman–Crippen LogP) is 1.80. The molecule has 0 amide bonds. The maximum atomic E-state index is 12.3. The van der Waals surface area contributed by atoms with E-state index in [1.165, 1.54) is 0 Å². The molecule has 0 saturated carbocycles. The summed E-state index contributed by atoms with van der Waals surface area (Å²) in [6, 6.07) is 0. The first-order chi connectivity index (χ1) is 9.28. The lowest BCUT2D eigenvalue weighted by Gasteiger charge is -2.16. The lowest BCUT2D eigenvalue weighted by molar-refractivity contribution is -0.275. The molecule has 1 aromatic rings. The van der Waals surface area contributed by atoms with Crippen molar-refractivity contribution in [3.63, 3.8) is 0 Å². The fourth-order valence-electron chi connectivity index (χ4n) is 1.43. The molecule has 0 atom stereocenters. The van der Waals surface area contributed by atoms with Crippen LogP contribution in [0.3, 0.4) is 0 Å². The summed E-state index contributed by atoms with van der Waals surface area (Å²) in [5.74, 6) is -2.86. The van der Waals surface area contributed by atoms with Gasteiger partial charge in [0.2, 0.25) is 5.88 Å². The molecule has 1 aromatic heterocycles. The zero-order valence-electron chi connectivity index (χ0n) is 10.7. The standard InChI is InChI=1S/C11H12F3NO5/c1-3-19-8(17)4-6-9(20-11(12,13)14)7(16)5-15-10(6)18-2/h5,16H,3-4H2,1-2H3. The fourth-order valence-corrected chi connectivity index (χ4v) is 1.43. The van der Waals surface area contributed by atoms with Crippen LogP contribution in [0.5, 0.6) is 17.4 Å². The molecule has 1 heterocycles. The lowest BCUT2D eigenvalue weighted by atomic mass is 10.1. The maximum absolute atomic E-state index is 12.3. The first-order valence-corrected chi connectivity index (χ1v) is 5.44. The second-order valence-electron chi connectivity index (χ2n) is 3.49. The Morgan fingerprint density at radius 2 is 2.10 bits per heavy atom. The Morgan fingerprint density at radius 1 is 1.45 bits per heavy atom. The van der Waals surface area contributed by atoms with E-state index in [2.05, 4.69) is 14.5 Å². The fraction of sp³-hybridized carbons (Fsp3) is 0.455. The van der Waals surface area contributed by atoms with E-state index in [-0.39, 0.29) is 18.1 Å². The van der Waals surface area contributed by atoms with E-state index >= 15 is 0 Å². The third kappa shape index (κ3) is 4.18. The zero-order chi connectivity index (χ0) is 15.3. The van der Waals surface area contributed by atoms with Crippen LogP contribution in [-0.4, -0.2) is 36.1 Å². The number of pyridine rings is 1. The molecule has 0 saturated heterocycles. The topological polar surface area (TPSA) is 77.9 Å². The van der Waals surface area contributed by atoms with Gasteiger partial charge in [0.1, 0.15) is 0 Å². The summed E-state index contributed by atoms with van der Waals surface area (Å²) in [7, 11) is 1.16. The van der Waals surface area contributed by atoms with Gasteiger partial charge in [-0.2, -0.15) is 0 Å². The van der Waals surface area contributed by atoms with Crippen molar-refractivity contribution in [3.05, 3.63) is 11.8 Å². The highest BCUT2D eigenvalue weighted by Crippen LogP contribution is 2.38. The number of alkyl halides is 3. The Morgan fingerprint density at radius 3 is 2.60 bits per heavy atom. The number of aromatic nitrogens is 1. The number of methoxy groups -OCH3 is 1. The summed E-state index contributed by atoms with van der Waals surface area (Å²) in [6.07, 6.45) is -4.88. The number of halogens is 3. The van der Waals surface area contributed by atoms with Gasteiger partial charge in [-0.1, -0.05) is 0 Å². The number of nitrogens with zero attached hydrogens (tertiary/aromatic N) is 1. The van der Waals surface area contributed by atoms with E-state index in [1.54, 1.807) is 6.92 Å². The van der Waals surface area contributed by atoms with E-state index in [0.29, 0.717) is 0 Å². The van der Waals surface area contributed by atoms with Gasteiger partial charge < -0.3 is 19.3 Å². The molecule has 0 spiro atoms. The molecule has 0 bridgehead atoms. The molecule has 0 radical (unpaired) electrons. The SMILES string of the molecule is CCOC(=O)Cc1c(OC)ncc(O)c1OC(F)(F)F. The minimum absolute atomic E-state index is 0.0584. The quantitative estimate of drug-likeness (QED) is 0.835. The number of hydrogen-bond acceptors (Lipinski definition) is 6. The largest absolute Gasteiger partial charge is 0.573 e.